The van der Waals surface area contributed by atoms with Gasteiger partial charge in [-0.25, -0.2) is 0 Å². The Morgan fingerprint density at radius 1 is 1.07 bits per heavy atom. The first-order valence-corrected chi connectivity index (χ1v) is 4.92. The van der Waals surface area contributed by atoms with Crippen LogP contribution in [0.2, 0.25) is 0 Å². The molecule has 0 atom stereocenters. The molecule has 2 amide bonds. The summed E-state index contributed by atoms with van der Waals surface area (Å²) in [5, 5.41) is 5.15. The molecule has 2 N–H and O–H groups in total. The van der Waals surface area contributed by atoms with E-state index in [1.54, 1.807) is 24.3 Å². The Morgan fingerprint density at radius 2 is 1.73 bits per heavy atom. The third-order valence-electron chi connectivity index (χ3n) is 2.15. The lowest BCUT2D eigenvalue weighted by atomic mass is 10.3. The molecule has 4 nitrogen and oxygen atoms in total. The van der Waals surface area contributed by atoms with Crippen LogP contribution in [-0.4, -0.2) is 17.9 Å². The normalized spacial score (nSPS) is 14.4. The van der Waals surface area contributed by atoms with E-state index in [9.17, 15) is 9.59 Å². The number of hydrogen-bond donors (Lipinski definition) is 2. The van der Waals surface area contributed by atoms with Gasteiger partial charge < -0.3 is 10.6 Å². The standard InChI is InChI=1S/C11H12N2O2/c14-10(11(15)13-9-6-7-9)12-8-4-2-1-3-5-8/h1-5,9H,6-7H2,(H,12,14)(H,13,15). The van der Waals surface area contributed by atoms with Crippen LogP contribution >= 0.6 is 0 Å². The first-order chi connectivity index (χ1) is 7.25. The molecular formula is C11H12N2O2. The van der Waals surface area contributed by atoms with E-state index in [-0.39, 0.29) is 6.04 Å². The van der Waals surface area contributed by atoms with Crippen molar-refractivity contribution in [3.63, 3.8) is 0 Å². The molecule has 0 unspecified atom stereocenters. The van der Waals surface area contributed by atoms with Gasteiger partial charge in [-0.3, -0.25) is 9.59 Å². The van der Waals surface area contributed by atoms with Gasteiger partial charge in [0.1, 0.15) is 0 Å². The highest BCUT2D eigenvalue weighted by atomic mass is 16.2. The molecule has 1 aliphatic rings. The summed E-state index contributed by atoms with van der Waals surface area (Å²) in [5.41, 5.74) is 0.633. The van der Waals surface area contributed by atoms with E-state index >= 15 is 0 Å². The Kier molecular flexibility index (Phi) is 2.67. The summed E-state index contributed by atoms with van der Waals surface area (Å²) in [6, 6.07) is 9.13. The third kappa shape index (κ3) is 2.80. The van der Waals surface area contributed by atoms with Crippen LogP contribution in [0.15, 0.2) is 30.3 Å². The molecule has 15 heavy (non-hydrogen) atoms. The Balaban J connectivity index is 1.88. The Hall–Kier alpha value is -1.84. The van der Waals surface area contributed by atoms with Crippen molar-refractivity contribution in [3.8, 4) is 0 Å². The monoisotopic (exact) mass is 204 g/mol. The number of benzene rings is 1. The maximum Gasteiger partial charge on any atom is 0.313 e. The van der Waals surface area contributed by atoms with Crippen molar-refractivity contribution >= 4 is 17.5 Å². The molecule has 0 radical (unpaired) electrons. The second-order valence-electron chi connectivity index (χ2n) is 3.57. The molecule has 0 heterocycles. The summed E-state index contributed by atoms with van der Waals surface area (Å²) < 4.78 is 0. The van der Waals surface area contributed by atoms with Crippen molar-refractivity contribution in [1.82, 2.24) is 5.32 Å². The zero-order chi connectivity index (χ0) is 10.7. The average Bonchev–Trinajstić information content (AvgIpc) is 3.03. The van der Waals surface area contributed by atoms with Crippen molar-refractivity contribution in [2.75, 3.05) is 5.32 Å². The first-order valence-electron chi connectivity index (χ1n) is 4.92. The lowest BCUT2D eigenvalue weighted by Crippen LogP contribution is -2.36. The Morgan fingerprint density at radius 3 is 2.33 bits per heavy atom. The lowest BCUT2D eigenvalue weighted by Gasteiger charge is -2.04. The predicted octanol–water partition coefficient (Wildman–Crippen LogP) is 0.904. The summed E-state index contributed by atoms with van der Waals surface area (Å²) >= 11 is 0. The van der Waals surface area contributed by atoms with Gasteiger partial charge >= 0.3 is 11.8 Å². The minimum Gasteiger partial charge on any atom is -0.345 e. The van der Waals surface area contributed by atoms with Crippen LogP contribution in [0.1, 0.15) is 12.8 Å². The van der Waals surface area contributed by atoms with Gasteiger partial charge in [0.2, 0.25) is 0 Å². The highest BCUT2D eigenvalue weighted by Gasteiger charge is 2.26. The second-order valence-corrected chi connectivity index (χ2v) is 3.57. The quantitative estimate of drug-likeness (QED) is 0.703. The van der Waals surface area contributed by atoms with Crippen molar-refractivity contribution in [2.45, 2.75) is 18.9 Å². The van der Waals surface area contributed by atoms with Crippen molar-refractivity contribution < 1.29 is 9.59 Å². The zero-order valence-corrected chi connectivity index (χ0v) is 8.19. The molecule has 1 aromatic rings. The van der Waals surface area contributed by atoms with Gasteiger partial charge in [0.15, 0.2) is 0 Å². The molecule has 0 bridgehead atoms. The van der Waals surface area contributed by atoms with Crippen LogP contribution in [0, 0.1) is 0 Å². The summed E-state index contributed by atoms with van der Waals surface area (Å²) in [7, 11) is 0. The minimum absolute atomic E-state index is 0.207. The number of para-hydroxylation sites is 1. The SMILES string of the molecule is O=C(Nc1ccccc1)C(=O)NC1CC1. The third-order valence-corrected chi connectivity index (χ3v) is 2.15. The fourth-order valence-electron chi connectivity index (χ4n) is 1.19. The smallest absolute Gasteiger partial charge is 0.313 e. The van der Waals surface area contributed by atoms with Gasteiger partial charge in [-0.1, -0.05) is 18.2 Å². The van der Waals surface area contributed by atoms with E-state index in [0.717, 1.165) is 12.8 Å². The van der Waals surface area contributed by atoms with Gasteiger partial charge in [0.25, 0.3) is 0 Å². The number of hydrogen-bond acceptors (Lipinski definition) is 2. The van der Waals surface area contributed by atoms with Gasteiger partial charge in [-0.2, -0.15) is 0 Å². The number of nitrogens with one attached hydrogen (secondary N) is 2. The molecule has 1 fully saturated rings. The van der Waals surface area contributed by atoms with Crippen LogP contribution in [0.25, 0.3) is 0 Å². The van der Waals surface area contributed by atoms with Crippen LogP contribution in [0.5, 0.6) is 0 Å². The fourth-order valence-corrected chi connectivity index (χ4v) is 1.19. The van der Waals surface area contributed by atoms with Crippen LogP contribution < -0.4 is 10.6 Å². The summed E-state index contributed by atoms with van der Waals surface area (Å²) in [4.78, 5) is 22.6. The van der Waals surface area contributed by atoms with E-state index in [2.05, 4.69) is 10.6 Å². The molecule has 78 valence electrons. The maximum atomic E-state index is 11.4. The van der Waals surface area contributed by atoms with Gasteiger partial charge in [-0.15, -0.1) is 0 Å². The predicted molar refractivity (Wildman–Crippen MR) is 56.2 cm³/mol. The van der Waals surface area contributed by atoms with E-state index in [1.165, 1.54) is 0 Å². The molecule has 0 spiro atoms. The van der Waals surface area contributed by atoms with E-state index in [4.69, 9.17) is 0 Å². The van der Waals surface area contributed by atoms with Crippen molar-refractivity contribution in [3.05, 3.63) is 30.3 Å². The summed E-state index contributed by atoms with van der Waals surface area (Å²) in [6.07, 6.45) is 1.95. The largest absolute Gasteiger partial charge is 0.345 e. The van der Waals surface area contributed by atoms with Crippen LogP contribution in [0.4, 0.5) is 5.69 Å². The van der Waals surface area contributed by atoms with Crippen LogP contribution in [-0.2, 0) is 9.59 Å². The number of amides is 2. The first kappa shape index (κ1) is 9.71. The van der Waals surface area contributed by atoms with Gasteiger partial charge in [0, 0.05) is 11.7 Å². The van der Waals surface area contributed by atoms with Crippen molar-refractivity contribution in [2.24, 2.45) is 0 Å². The Labute approximate surface area is 87.7 Å². The summed E-state index contributed by atoms with van der Waals surface area (Å²) in [6.45, 7) is 0. The molecule has 0 aliphatic heterocycles. The van der Waals surface area contributed by atoms with E-state index in [1.807, 2.05) is 6.07 Å². The Bertz CT molecular complexity index is 371. The minimum atomic E-state index is -0.604. The topological polar surface area (TPSA) is 58.2 Å². The average molecular weight is 204 g/mol. The molecule has 1 aromatic carbocycles. The number of anilines is 1. The van der Waals surface area contributed by atoms with Gasteiger partial charge in [0.05, 0.1) is 0 Å². The highest BCUT2D eigenvalue weighted by Crippen LogP contribution is 2.18. The van der Waals surface area contributed by atoms with E-state index < -0.39 is 11.8 Å². The van der Waals surface area contributed by atoms with Crippen molar-refractivity contribution in [1.29, 1.82) is 0 Å². The van der Waals surface area contributed by atoms with Crippen LogP contribution in [0.3, 0.4) is 0 Å². The molecule has 4 heteroatoms. The lowest BCUT2D eigenvalue weighted by molar-refractivity contribution is -0.136. The molecular weight excluding hydrogens is 192 g/mol. The maximum absolute atomic E-state index is 11.4. The fraction of sp³-hybridized carbons (Fsp3) is 0.273. The summed E-state index contributed by atoms with van der Waals surface area (Å²) in [5.74, 6) is -1.16. The second kappa shape index (κ2) is 4.13. The zero-order valence-electron chi connectivity index (χ0n) is 8.19. The number of carbonyl (C=O) groups excluding carboxylic acids is 2. The highest BCUT2D eigenvalue weighted by molar-refractivity contribution is 6.39. The molecule has 1 saturated carbocycles. The number of rotatable bonds is 2. The van der Waals surface area contributed by atoms with Gasteiger partial charge in [-0.05, 0) is 25.0 Å². The molecule has 0 aromatic heterocycles. The molecule has 1 aliphatic carbocycles. The molecule has 0 saturated heterocycles. The molecule has 2 rings (SSSR count). The van der Waals surface area contributed by atoms with E-state index in [0.29, 0.717) is 5.69 Å². The number of carbonyl (C=O) groups is 2.